The smallest absolute Gasteiger partial charge is 0.308 e. The lowest BCUT2D eigenvalue weighted by atomic mass is 9.89. The highest BCUT2D eigenvalue weighted by atomic mass is 16.5. The Kier molecular flexibility index (Phi) is 7.20. The normalized spacial score (nSPS) is 14.1. The Morgan fingerprint density at radius 2 is 1.48 bits per heavy atom. The molecule has 0 bridgehead atoms. The number of carbonyl (C=O) groups excluding carboxylic acids is 2. The molecule has 132 valence electrons. The van der Waals surface area contributed by atoms with Gasteiger partial charge in [-0.05, 0) is 36.1 Å². The molecule has 3 rings (SSSR count). The summed E-state index contributed by atoms with van der Waals surface area (Å²) in [5.74, 6) is 0.193. The van der Waals surface area contributed by atoms with Crippen LogP contribution in [0, 0.1) is 5.92 Å². The van der Waals surface area contributed by atoms with E-state index in [9.17, 15) is 9.59 Å². The molecular formula is C21H25NO3. The van der Waals surface area contributed by atoms with Crippen LogP contribution in [0.1, 0.15) is 42.5 Å². The largest absolute Gasteiger partial charge is 0.469 e. The van der Waals surface area contributed by atoms with Gasteiger partial charge in [-0.2, -0.15) is 0 Å². The van der Waals surface area contributed by atoms with Crippen LogP contribution in [0.2, 0.25) is 0 Å². The molecule has 25 heavy (non-hydrogen) atoms. The maximum Gasteiger partial charge on any atom is 0.308 e. The second-order valence-corrected chi connectivity index (χ2v) is 6.22. The zero-order chi connectivity index (χ0) is 18.1. The van der Waals surface area contributed by atoms with Crippen LogP contribution in [-0.2, 0) is 9.53 Å². The molecule has 2 aromatic carbocycles. The first-order valence-corrected chi connectivity index (χ1v) is 8.63. The zero-order valence-electron chi connectivity index (χ0n) is 14.6. The van der Waals surface area contributed by atoms with E-state index < -0.39 is 0 Å². The van der Waals surface area contributed by atoms with Crippen molar-refractivity contribution < 1.29 is 14.3 Å². The number of ether oxygens (including phenoxy) is 1. The lowest BCUT2D eigenvalue weighted by Gasteiger charge is -2.18. The number of hydrogen-bond donors (Lipinski definition) is 1. The summed E-state index contributed by atoms with van der Waals surface area (Å²) in [6.45, 7) is 0. The number of aldehydes is 1. The van der Waals surface area contributed by atoms with E-state index in [1.54, 1.807) is 12.1 Å². The van der Waals surface area contributed by atoms with Gasteiger partial charge in [0.05, 0.1) is 13.0 Å². The Morgan fingerprint density at radius 3 is 1.96 bits per heavy atom. The van der Waals surface area contributed by atoms with Crippen molar-refractivity contribution in [2.24, 2.45) is 5.92 Å². The van der Waals surface area contributed by atoms with E-state index in [2.05, 4.69) is 4.74 Å². The van der Waals surface area contributed by atoms with Crippen molar-refractivity contribution in [3.05, 3.63) is 54.1 Å². The summed E-state index contributed by atoms with van der Waals surface area (Å²) in [5.41, 5.74) is 9.23. The fraction of sp³-hybridized carbons (Fsp3) is 0.333. The van der Waals surface area contributed by atoms with E-state index in [-0.39, 0.29) is 11.9 Å². The van der Waals surface area contributed by atoms with Crippen LogP contribution >= 0.6 is 0 Å². The number of nitrogen functional groups attached to an aromatic ring is 1. The monoisotopic (exact) mass is 339 g/mol. The van der Waals surface area contributed by atoms with Gasteiger partial charge in [0.25, 0.3) is 0 Å². The summed E-state index contributed by atoms with van der Waals surface area (Å²) in [6, 6.07) is 15.1. The number of hydrogen-bond acceptors (Lipinski definition) is 4. The van der Waals surface area contributed by atoms with Crippen molar-refractivity contribution in [1.82, 2.24) is 0 Å². The minimum Gasteiger partial charge on any atom is -0.469 e. The molecule has 0 amide bonds. The number of methoxy groups -OCH3 is 1. The van der Waals surface area contributed by atoms with Crippen LogP contribution in [0.3, 0.4) is 0 Å². The van der Waals surface area contributed by atoms with Crippen LogP contribution in [0.15, 0.2) is 48.5 Å². The highest BCUT2D eigenvalue weighted by Gasteiger charge is 2.20. The third-order valence-corrected chi connectivity index (χ3v) is 4.43. The zero-order valence-corrected chi connectivity index (χ0v) is 14.6. The van der Waals surface area contributed by atoms with Crippen molar-refractivity contribution in [2.75, 3.05) is 12.8 Å². The second-order valence-electron chi connectivity index (χ2n) is 6.22. The lowest BCUT2D eigenvalue weighted by Crippen LogP contribution is -2.18. The Balaban J connectivity index is 0.000000196. The average Bonchev–Trinajstić information content (AvgIpc) is 2.69. The molecule has 1 aliphatic carbocycles. The molecule has 4 heteroatoms. The first-order chi connectivity index (χ1) is 12.1. The van der Waals surface area contributed by atoms with E-state index >= 15 is 0 Å². The van der Waals surface area contributed by atoms with Crippen molar-refractivity contribution in [1.29, 1.82) is 0 Å². The van der Waals surface area contributed by atoms with Crippen molar-refractivity contribution >= 4 is 17.9 Å². The summed E-state index contributed by atoms with van der Waals surface area (Å²) >= 11 is 0. The van der Waals surface area contributed by atoms with Crippen molar-refractivity contribution in [2.45, 2.75) is 32.1 Å². The number of nitrogens with two attached hydrogens (primary N) is 1. The maximum atomic E-state index is 10.9. The molecule has 0 saturated heterocycles. The first kappa shape index (κ1) is 18.7. The fourth-order valence-corrected chi connectivity index (χ4v) is 2.93. The van der Waals surface area contributed by atoms with E-state index in [4.69, 9.17) is 5.73 Å². The molecule has 2 N–H and O–H groups in total. The van der Waals surface area contributed by atoms with Gasteiger partial charge in [-0.25, -0.2) is 0 Å². The number of anilines is 1. The van der Waals surface area contributed by atoms with Crippen LogP contribution in [0.5, 0.6) is 0 Å². The highest BCUT2D eigenvalue weighted by molar-refractivity contribution is 5.77. The predicted molar refractivity (Wildman–Crippen MR) is 100 cm³/mol. The number of rotatable bonds is 3. The maximum absolute atomic E-state index is 10.9. The van der Waals surface area contributed by atoms with Gasteiger partial charge in [-0.3, -0.25) is 9.59 Å². The molecule has 0 aromatic heterocycles. The molecule has 0 heterocycles. The minimum atomic E-state index is -0.0142. The average molecular weight is 339 g/mol. The summed E-state index contributed by atoms with van der Waals surface area (Å²) in [4.78, 5) is 21.4. The molecule has 1 saturated carbocycles. The molecule has 0 radical (unpaired) electrons. The van der Waals surface area contributed by atoms with E-state index in [1.807, 2.05) is 36.4 Å². The van der Waals surface area contributed by atoms with Gasteiger partial charge in [-0.15, -0.1) is 0 Å². The molecule has 1 fully saturated rings. The summed E-state index contributed by atoms with van der Waals surface area (Å²) < 4.78 is 4.65. The standard InChI is InChI=1S/C13H11NO.C8H14O2/c14-13-7-5-12(6-8-13)11-3-1-10(9-15)2-4-11;1-10-8(9)7-5-3-2-4-6-7/h1-9H,14H2;7H,2-6H2,1H3. The van der Waals surface area contributed by atoms with Crippen LogP contribution in [-0.4, -0.2) is 19.4 Å². The summed E-state index contributed by atoms with van der Waals surface area (Å²) in [5, 5.41) is 0. The quantitative estimate of drug-likeness (QED) is 0.508. The Bertz CT molecular complexity index is 671. The molecule has 0 atom stereocenters. The van der Waals surface area contributed by atoms with Gasteiger partial charge >= 0.3 is 5.97 Å². The third kappa shape index (κ3) is 5.75. The van der Waals surface area contributed by atoms with Gasteiger partial charge in [0.15, 0.2) is 0 Å². The van der Waals surface area contributed by atoms with Crippen LogP contribution < -0.4 is 5.73 Å². The van der Waals surface area contributed by atoms with Gasteiger partial charge < -0.3 is 10.5 Å². The van der Waals surface area contributed by atoms with E-state index in [1.165, 1.54) is 26.4 Å². The highest BCUT2D eigenvalue weighted by Crippen LogP contribution is 2.24. The van der Waals surface area contributed by atoms with E-state index in [0.717, 1.165) is 35.9 Å². The molecule has 4 nitrogen and oxygen atoms in total. The molecular weight excluding hydrogens is 314 g/mol. The van der Waals surface area contributed by atoms with Gasteiger partial charge in [0.2, 0.25) is 0 Å². The van der Waals surface area contributed by atoms with Gasteiger partial charge in [0.1, 0.15) is 6.29 Å². The topological polar surface area (TPSA) is 69.4 Å². The Labute approximate surface area is 149 Å². The summed E-state index contributed by atoms with van der Waals surface area (Å²) in [7, 11) is 1.47. The van der Waals surface area contributed by atoms with Crippen LogP contribution in [0.4, 0.5) is 5.69 Å². The first-order valence-electron chi connectivity index (χ1n) is 8.63. The molecule has 0 unspecified atom stereocenters. The Hall–Kier alpha value is -2.62. The predicted octanol–water partition coefficient (Wildman–Crippen LogP) is 4.49. The third-order valence-electron chi connectivity index (χ3n) is 4.43. The number of benzene rings is 2. The molecule has 2 aromatic rings. The second kappa shape index (κ2) is 9.62. The van der Waals surface area contributed by atoms with Crippen molar-refractivity contribution in [3.8, 4) is 11.1 Å². The number of carbonyl (C=O) groups is 2. The van der Waals surface area contributed by atoms with Crippen molar-refractivity contribution in [3.63, 3.8) is 0 Å². The SMILES string of the molecule is COC(=O)C1CCCCC1.Nc1ccc(-c2ccc(C=O)cc2)cc1. The van der Waals surface area contributed by atoms with Crippen LogP contribution in [0.25, 0.3) is 11.1 Å². The fourth-order valence-electron chi connectivity index (χ4n) is 2.93. The van der Waals surface area contributed by atoms with Gasteiger partial charge in [-0.1, -0.05) is 55.7 Å². The summed E-state index contributed by atoms with van der Waals surface area (Å²) in [6.07, 6.45) is 6.58. The van der Waals surface area contributed by atoms with Gasteiger partial charge in [0, 0.05) is 11.3 Å². The molecule has 0 aliphatic heterocycles. The number of esters is 1. The Morgan fingerprint density at radius 1 is 0.960 bits per heavy atom. The molecule has 0 spiro atoms. The lowest BCUT2D eigenvalue weighted by molar-refractivity contribution is -0.146. The molecule has 1 aliphatic rings. The minimum absolute atomic E-state index is 0.0142. The van der Waals surface area contributed by atoms with E-state index in [0.29, 0.717) is 5.56 Å².